The second-order valence-corrected chi connectivity index (χ2v) is 8.64. The van der Waals surface area contributed by atoms with E-state index in [-0.39, 0.29) is 29.5 Å². The zero-order valence-corrected chi connectivity index (χ0v) is 20.4. The molecule has 2 aromatic rings. The molecule has 3 N–H and O–H groups in total. The first-order valence-corrected chi connectivity index (χ1v) is 11.3. The molecule has 13 heteroatoms. The van der Waals surface area contributed by atoms with Crippen molar-refractivity contribution in [3.8, 4) is 5.88 Å². The SMILES string of the molecule is CN/C=C(\C(=N)C(=O)N1CC(F)(F)C[C@@H](C)[C@H]1CNc1ccc(C(F)(F)F)cn1)c1cccc(OC)n1. The summed E-state index contributed by atoms with van der Waals surface area (Å²) in [6.45, 7) is 0.582. The van der Waals surface area contributed by atoms with E-state index in [2.05, 4.69) is 20.6 Å². The van der Waals surface area contributed by atoms with Gasteiger partial charge in [0.15, 0.2) is 0 Å². The van der Waals surface area contributed by atoms with E-state index in [1.165, 1.54) is 13.3 Å². The zero-order valence-electron chi connectivity index (χ0n) is 20.4. The fraction of sp³-hybridized carbons (Fsp3) is 0.417. The minimum absolute atomic E-state index is 0.0584. The quantitative estimate of drug-likeness (QED) is 0.354. The molecule has 0 saturated carbocycles. The third-order valence-electron chi connectivity index (χ3n) is 5.90. The molecule has 1 saturated heterocycles. The Morgan fingerprint density at radius 1 is 1.30 bits per heavy atom. The number of anilines is 1. The van der Waals surface area contributed by atoms with Crippen molar-refractivity contribution < 1.29 is 31.5 Å². The number of aromatic nitrogens is 2. The largest absolute Gasteiger partial charge is 0.481 e. The Hall–Kier alpha value is -3.77. The fourth-order valence-electron chi connectivity index (χ4n) is 4.11. The van der Waals surface area contributed by atoms with Crippen LogP contribution in [0.1, 0.15) is 24.6 Å². The number of nitrogens with one attached hydrogen (secondary N) is 3. The third kappa shape index (κ3) is 6.71. The monoisotopic (exact) mass is 526 g/mol. The summed E-state index contributed by atoms with van der Waals surface area (Å²) in [5, 5.41) is 14.1. The number of carbonyl (C=O) groups is 1. The van der Waals surface area contributed by atoms with E-state index in [4.69, 9.17) is 10.1 Å². The molecular formula is C24H27F5N6O2. The zero-order chi connectivity index (χ0) is 27.4. The molecule has 1 aliphatic heterocycles. The predicted octanol–water partition coefficient (Wildman–Crippen LogP) is 4.07. The van der Waals surface area contributed by atoms with Crippen LogP contribution in [0, 0.1) is 11.3 Å². The van der Waals surface area contributed by atoms with E-state index in [0.29, 0.717) is 6.20 Å². The molecule has 0 spiro atoms. The van der Waals surface area contributed by atoms with Gasteiger partial charge in [0, 0.05) is 44.0 Å². The van der Waals surface area contributed by atoms with Crippen molar-refractivity contribution in [1.82, 2.24) is 20.2 Å². The van der Waals surface area contributed by atoms with Crippen LogP contribution in [0.2, 0.25) is 0 Å². The summed E-state index contributed by atoms with van der Waals surface area (Å²) >= 11 is 0. The number of hydrogen-bond donors (Lipinski definition) is 3. The summed E-state index contributed by atoms with van der Waals surface area (Å²) in [6.07, 6.45) is -3.01. The van der Waals surface area contributed by atoms with E-state index >= 15 is 0 Å². The van der Waals surface area contributed by atoms with Crippen molar-refractivity contribution in [3.05, 3.63) is 54.0 Å². The number of piperidine rings is 1. The number of carbonyl (C=O) groups excluding carboxylic acids is 1. The van der Waals surface area contributed by atoms with Crippen LogP contribution in [0.15, 0.2) is 42.7 Å². The lowest BCUT2D eigenvalue weighted by atomic mass is 9.87. The van der Waals surface area contributed by atoms with Crippen molar-refractivity contribution >= 4 is 23.0 Å². The third-order valence-corrected chi connectivity index (χ3v) is 5.90. The molecule has 1 aliphatic rings. The van der Waals surface area contributed by atoms with Crippen molar-refractivity contribution in [2.45, 2.75) is 31.5 Å². The number of hydrogen-bond acceptors (Lipinski definition) is 7. The van der Waals surface area contributed by atoms with Crippen molar-refractivity contribution in [2.24, 2.45) is 5.92 Å². The van der Waals surface area contributed by atoms with Gasteiger partial charge in [-0.25, -0.2) is 18.7 Å². The van der Waals surface area contributed by atoms with E-state index in [1.807, 2.05) is 0 Å². The first kappa shape index (κ1) is 27.8. The van der Waals surface area contributed by atoms with E-state index < -0.39 is 54.2 Å². The number of ether oxygens (including phenoxy) is 1. The first-order chi connectivity index (χ1) is 17.4. The molecule has 200 valence electrons. The molecule has 0 aromatic carbocycles. The summed E-state index contributed by atoms with van der Waals surface area (Å²) in [7, 11) is 2.96. The average Bonchev–Trinajstić information content (AvgIpc) is 2.84. The van der Waals surface area contributed by atoms with Crippen molar-refractivity contribution in [3.63, 3.8) is 0 Å². The second kappa shape index (κ2) is 11.1. The Balaban J connectivity index is 1.85. The highest BCUT2D eigenvalue weighted by atomic mass is 19.4. The maximum atomic E-state index is 14.5. The minimum Gasteiger partial charge on any atom is -0.481 e. The Labute approximate surface area is 210 Å². The maximum Gasteiger partial charge on any atom is 0.417 e. The molecule has 3 heterocycles. The molecule has 3 rings (SSSR count). The van der Waals surface area contributed by atoms with Gasteiger partial charge in [0.25, 0.3) is 11.8 Å². The van der Waals surface area contributed by atoms with Crippen LogP contribution < -0.4 is 15.4 Å². The number of halogens is 5. The number of methoxy groups -OCH3 is 1. The first-order valence-electron chi connectivity index (χ1n) is 11.3. The maximum absolute atomic E-state index is 14.5. The fourth-order valence-corrected chi connectivity index (χ4v) is 4.11. The normalized spacial score (nSPS) is 19.8. The van der Waals surface area contributed by atoms with Gasteiger partial charge < -0.3 is 20.3 Å². The van der Waals surface area contributed by atoms with Crippen LogP contribution >= 0.6 is 0 Å². The Bertz CT molecular complexity index is 1150. The topological polar surface area (TPSA) is 103 Å². The molecule has 0 unspecified atom stereocenters. The molecule has 0 radical (unpaired) electrons. The summed E-state index contributed by atoms with van der Waals surface area (Å²) in [6, 6.07) is 5.93. The molecule has 8 nitrogen and oxygen atoms in total. The molecular weight excluding hydrogens is 499 g/mol. The summed E-state index contributed by atoms with van der Waals surface area (Å²) in [5.74, 6) is -4.47. The van der Waals surface area contributed by atoms with Gasteiger partial charge in [-0.1, -0.05) is 13.0 Å². The van der Waals surface area contributed by atoms with Gasteiger partial charge in [-0.15, -0.1) is 0 Å². The van der Waals surface area contributed by atoms with Crippen LogP contribution in [0.3, 0.4) is 0 Å². The molecule has 0 aliphatic carbocycles. The van der Waals surface area contributed by atoms with E-state index in [0.717, 1.165) is 17.0 Å². The molecule has 2 atom stereocenters. The van der Waals surface area contributed by atoms with Gasteiger partial charge in [-0.05, 0) is 24.1 Å². The Morgan fingerprint density at radius 2 is 2.03 bits per heavy atom. The lowest BCUT2D eigenvalue weighted by Crippen LogP contribution is -2.58. The van der Waals surface area contributed by atoms with Crippen LogP contribution in [0.25, 0.3) is 5.57 Å². The number of pyridine rings is 2. The van der Waals surface area contributed by atoms with Gasteiger partial charge in [0.2, 0.25) is 5.88 Å². The summed E-state index contributed by atoms with van der Waals surface area (Å²) in [4.78, 5) is 22.3. The number of amides is 1. The van der Waals surface area contributed by atoms with Crippen LogP contribution in [-0.2, 0) is 11.0 Å². The van der Waals surface area contributed by atoms with Gasteiger partial charge >= 0.3 is 6.18 Å². The number of alkyl halides is 5. The summed E-state index contributed by atoms with van der Waals surface area (Å²) in [5.41, 5.74) is -1.18. The lowest BCUT2D eigenvalue weighted by Gasteiger charge is -2.43. The Morgan fingerprint density at radius 3 is 2.62 bits per heavy atom. The lowest BCUT2D eigenvalue weighted by molar-refractivity contribution is -0.145. The molecule has 2 aromatic heterocycles. The number of likely N-dealkylation sites (tertiary alicyclic amines) is 1. The second-order valence-electron chi connectivity index (χ2n) is 8.64. The van der Waals surface area contributed by atoms with Gasteiger partial charge in [-0.3, -0.25) is 10.2 Å². The van der Waals surface area contributed by atoms with Crippen LogP contribution in [-0.4, -0.2) is 65.7 Å². The predicted molar refractivity (Wildman–Crippen MR) is 128 cm³/mol. The van der Waals surface area contributed by atoms with Gasteiger partial charge in [0.05, 0.1) is 31.0 Å². The average molecular weight is 527 g/mol. The highest BCUT2D eigenvalue weighted by Gasteiger charge is 2.47. The number of rotatable bonds is 8. The van der Waals surface area contributed by atoms with Crippen molar-refractivity contribution in [2.75, 3.05) is 32.6 Å². The molecule has 1 amide bonds. The minimum atomic E-state index is -4.55. The molecule has 0 bridgehead atoms. The highest BCUT2D eigenvalue weighted by Crippen LogP contribution is 2.35. The molecule has 37 heavy (non-hydrogen) atoms. The van der Waals surface area contributed by atoms with Crippen molar-refractivity contribution in [1.29, 1.82) is 5.41 Å². The highest BCUT2D eigenvalue weighted by molar-refractivity contribution is 6.54. The van der Waals surface area contributed by atoms with E-state index in [1.54, 1.807) is 32.2 Å². The standard InChI is InChI=1S/C24H27F5N6O2/c1-14-9-23(25,26)13-35(18(14)12-33-19-8-7-15(10-32-19)24(27,28)29)22(36)21(30)16(11-31-2)17-5-4-6-20(34-17)37-3/h4-8,10-11,14,18,30-31H,9,12-13H2,1-3H3,(H,32,33)/b16-11-,30-21?/t14-,18-/m1/s1. The Kier molecular flexibility index (Phi) is 8.34. The van der Waals surface area contributed by atoms with E-state index in [9.17, 15) is 26.7 Å². The van der Waals surface area contributed by atoms with Gasteiger partial charge in [0.1, 0.15) is 11.5 Å². The van der Waals surface area contributed by atoms with Gasteiger partial charge in [-0.2, -0.15) is 13.2 Å². The summed E-state index contributed by atoms with van der Waals surface area (Å²) < 4.78 is 72.6. The number of nitrogens with zero attached hydrogens (tertiary/aromatic N) is 3. The molecule has 1 fully saturated rings. The van der Waals surface area contributed by atoms with Crippen LogP contribution in [0.5, 0.6) is 5.88 Å². The van der Waals surface area contributed by atoms with Crippen LogP contribution in [0.4, 0.5) is 27.8 Å². The smallest absolute Gasteiger partial charge is 0.417 e.